The average molecular weight is 444 g/mol. The number of rotatable bonds is 5. The quantitative estimate of drug-likeness (QED) is 0.664. The molecule has 0 spiro atoms. The summed E-state index contributed by atoms with van der Waals surface area (Å²) in [5.41, 5.74) is 2.67. The van der Waals surface area contributed by atoms with E-state index < -0.39 is 0 Å². The highest BCUT2D eigenvalue weighted by atomic mass is 79.9. The van der Waals surface area contributed by atoms with Gasteiger partial charge in [-0.25, -0.2) is 4.98 Å². The van der Waals surface area contributed by atoms with E-state index in [1.165, 1.54) is 60.9 Å². The Bertz CT molecular complexity index is 751. The number of benzene rings is 1. The van der Waals surface area contributed by atoms with Crippen LogP contribution in [0.5, 0.6) is 5.88 Å². The summed E-state index contributed by atoms with van der Waals surface area (Å²) in [6.07, 6.45) is 8.29. The fourth-order valence-electron chi connectivity index (χ4n) is 4.67. The molecular weight excluding hydrogens is 414 g/mol. The van der Waals surface area contributed by atoms with Crippen molar-refractivity contribution in [3.63, 3.8) is 0 Å². The number of hydrogen-bond donors (Lipinski definition) is 0. The molecule has 3 heterocycles. The largest absolute Gasteiger partial charge is 0.481 e. The third-order valence-electron chi connectivity index (χ3n) is 6.39. The first-order valence-corrected chi connectivity index (χ1v) is 11.2. The number of halogens is 1. The van der Waals surface area contributed by atoms with Gasteiger partial charge in [-0.15, -0.1) is 0 Å². The van der Waals surface area contributed by atoms with Crippen LogP contribution in [-0.2, 0) is 6.42 Å². The molecule has 0 N–H and O–H groups in total. The van der Waals surface area contributed by atoms with E-state index in [1.54, 1.807) is 7.11 Å². The second-order valence-electron chi connectivity index (χ2n) is 8.05. The molecule has 150 valence electrons. The molecule has 1 aromatic carbocycles. The van der Waals surface area contributed by atoms with Crippen molar-refractivity contribution < 1.29 is 4.74 Å². The Morgan fingerprint density at radius 3 is 2.39 bits per heavy atom. The first-order chi connectivity index (χ1) is 13.7. The number of ether oxygens (including phenoxy) is 1. The molecule has 1 aromatic heterocycles. The van der Waals surface area contributed by atoms with Crippen LogP contribution < -0.4 is 9.64 Å². The number of anilines is 1. The van der Waals surface area contributed by atoms with Crippen LogP contribution in [0.25, 0.3) is 0 Å². The fraction of sp³-hybridized carbons (Fsp3) is 0.522. The van der Waals surface area contributed by atoms with Gasteiger partial charge in [0.15, 0.2) is 0 Å². The number of aromatic nitrogens is 1. The standard InChI is InChI=1S/C23H30BrN3O/c1-28-23-7-6-21(17-25-23)27-14-10-20(11-15-27)26-12-8-18(9-13-26)16-19-4-2-3-5-22(19)24/h2-7,17-18,20H,8-16H2,1H3. The molecule has 2 aromatic rings. The van der Waals surface area contributed by atoms with Gasteiger partial charge in [-0.1, -0.05) is 34.1 Å². The number of hydrogen-bond acceptors (Lipinski definition) is 4. The van der Waals surface area contributed by atoms with E-state index in [-0.39, 0.29) is 0 Å². The van der Waals surface area contributed by atoms with Crippen LogP contribution in [0.15, 0.2) is 47.1 Å². The predicted octanol–water partition coefficient (Wildman–Crippen LogP) is 4.78. The van der Waals surface area contributed by atoms with Gasteiger partial charge in [-0.3, -0.25) is 0 Å². The zero-order valence-electron chi connectivity index (χ0n) is 16.7. The summed E-state index contributed by atoms with van der Waals surface area (Å²) < 4.78 is 6.43. The first-order valence-electron chi connectivity index (χ1n) is 10.5. The first kappa shape index (κ1) is 19.7. The number of likely N-dealkylation sites (tertiary alicyclic amines) is 1. The molecule has 2 aliphatic heterocycles. The van der Waals surface area contributed by atoms with Crippen molar-refractivity contribution in [1.82, 2.24) is 9.88 Å². The molecule has 0 amide bonds. The summed E-state index contributed by atoms with van der Waals surface area (Å²) in [5.74, 6) is 1.50. The van der Waals surface area contributed by atoms with Crippen molar-refractivity contribution in [2.75, 3.05) is 38.2 Å². The van der Waals surface area contributed by atoms with Crippen LogP contribution in [0, 0.1) is 5.92 Å². The maximum absolute atomic E-state index is 5.17. The van der Waals surface area contributed by atoms with Crippen molar-refractivity contribution in [3.8, 4) is 5.88 Å². The topological polar surface area (TPSA) is 28.6 Å². The maximum atomic E-state index is 5.17. The molecule has 0 unspecified atom stereocenters. The van der Waals surface area contributed by atoms with E-state index >= 15 is 0 Å². The van der Waals surface area contributed by atoms with Crippen LogP contribution in [-0.4, -0.2) is 49.2 Å². The molecule has 0 atom stereocenters. The monoisotopic (exact) mass is 443 g/mol. The zero-order chi connectivity index (χ0) is 19.3. The summed E-state index contributed by atoms with van der Waals surface area (Å²) in [6, 6.07) is 13.5. The minimum Gasteiger partial charge on any atom is -0.481 e. The van der Waals surface area contributed by atoms with Crippen LogP contribution in [0.1, 0.15) is 31.2 Å². The van der Waals surface area contributed by atoms with E-state index in [1.807, 2.05) is 12.3 Å². The molecule has 0 saturated carbocycles. The van der Waals surface area contributed by atoms with Crippen molar-refractivity contribution >= 4 is 21.6 Å². The lowest BCUT2D eigenvalue weighted by Crippen LogP contribution is -2.48. The highest BCUT2D eigenvalue weighted by Crippen LogP contribution is 2.29. The second-order valence-corrected chi connectivity index (χ2v) is 8.91. The van der Waals surface area contributed by atoms with Crippen molar-refractivity contribution in [1.29, 1.82) is 0 Å². The van der Waals surface area contributed by atoms with Gasteiger partial charge < -0.3 is 14.5 Å². The molecule has 0 aliphatic carbocycles. The van der Waals surface area contributed by atoms with Crippen LogP contribution >= 0.6 is 15.9 Å². The van der Waals surface area contributed by atoms with Gasteiger partial charge in [0, 0.05) is 29.7 Å². The van der Waals surface area contributed by atoms with Crippen LogP contribution in [0.4, 0.5) is 5.69 Å². The third kappa shape index (κ3) is 4.69. The molecular formula is C23H30BrN3O. The minimum absolute atomic E-state index is 0.684. The average Bonchev–Trinajstić information content (AvgIpc) is 2.76. The molecule has 0 bridgehead atoms. The molecule has 2 saturated heterocycles. The van der Waals surface area contributed by atoms with Gasteiger partial charge in [-0.05, 0) is 68.8 Å². The molecule has 5 heteroatoms. The van der Waals surface area contributed by atoms with Gasteiger partial charge in [0.05, 0.1) is 19.0 Å². The van der Waals surface area contributed by atoms with Gasteiger partial charge in [-0.2, -0.15) is 0 Å². The molecule has 2 fully saturated rings. The van der Waals surface area contributed by atoms with E-state index in [2.05, 4.69) is 61.0 Å². The highest BCUT2D eigenvalue weighted by molar-refractivity contribution is 9.10. The van der Waals surface area contributed by atoms with Crippen molar-refractivity contribution in [2.45, 2.75) is 38.1 Å². The predicted molar refractivity (Wildman–Crippen MR) is 118 cm³/mol. The van der Waals surface area contributed by atoms with Gasteiger partial charge in [0.2, 0.25) is 5.88 Å². The summed E-state index contributed by atoms with van der Waals surface area (Å²) in [4.78, 5) is 9.56. The summed E-state index contributed by atoms with van der Waals surface area (Å²) in [6.45, 7) is 4.75. The van der Waals surface area contributed by atoms with Gasteiger partial charge in [0.25, 0.3) is 0 Å². The smallest absolute Gasteiger partial charge is 0.213 e. The third-order valence-corrected chi connectivity index (χ3v) is 7.17. The summed E-state index contributed by atoms with van der Waals surface area (Å²) in [7, 11) is 1.66. The number of pyridine rings is 1. The lowest BCUT2D eigenvalue weighted by Gasteiger charge is -2.42. The lowest BCUT2D eigenvalue weighted by molar-refractivity contribution is 0.115. The van der Waals surface area contributed by atoms with E-state index in [4.69, 9.17) is 4.74 Å². The van der Waals surface area contributed by atoms with E-state index in [0.717, 1.165) is 25.0 Å². The number of piperidine rings is 2. The number of methoxy groups -OCH3 is 1. The maximum Gasteiger partial charge on any atom is 0.213 e. The normalized spacial score (nSPS) is 19.7. The molecule has 0 radical (unpaired) electrons. The Hall–Kier alpha value is -1.59. The molecule has 4 nitrogen and oxygen atoms in total. The Morgan fingerprint density at radius 2 is 1.75 bits per heavy atom. The molecule has 28 heavy (non-hydrogen) atoms. The van der Waals surface area contributed by atoms with E-state index in [0.29, 0.717) is 5.88 Å². The summed E-state index contributed by atoms with van der Waals surface area (Å²) in [5, 5.41) is 0. The van der Waals surface area contributed by atoms with Crippen LogP contribution in [0.3, 0.4) is 0 Å². The Balaban J connectivity index is 1.24. The Kier molecular flexibility index (Phi) is 6.53. The number of nitrogens with zero attached hydrogens (tertiary/aromatic N) is 3. The van der Waals surface area contributed by atoms with Gasteiger partial charge in [0.1, 0.15) is 0 Å². The Labute approximate surface area is 177 Å². The summed E-state index contributed by atoms with van der Waals surface area (Å²) >= 11 is 3.70. The fourth-order valence-corrected chi connectivity index (χ4v) is 5.11. The SMILES string of the molecule is COc1ccc(N2CCC(N3CCC(Cc4ccccc4Br)CC3)CC2)cn1. The molecule has 2 aliphatic rings. The zero-order valence-corrected chi connectivity index (χ0v) is 18.3. The van der Waals surface area contributed by atoms with Crippen molar-refractivity contribution in [2.24, 2.45) is 5.92 Å². The highest BCUT2D eigenvalue weighted by Gasteiger charge is 2.28. The lowest BCUT2D eigenvalue weighted by atomic mass is 9.88. The van der Waals surface area contributed by atoms with Crippen LogP contribution in [0.2, 0.25) is 0 Å². The minimum atomic E-state index is 0.684. The second kappa shape index (κ2) is 9.27. The van der Waals surface area contributed by atoms with Crippen molar-refractivity contribution in [3.05, 3.63) is 52.6 Å². The molecule has 4 rings (SSSR count). The van der Waals surface area contributed by atoms with E-state index in [9.17, 15) is 0 Å². The Morgan fingerprint density at radius 1 is 1.00 bits per heavy atom. The van der Waals surface area contributed by atoms with Gasteiger partial charge >= 0.3 is 0 Å².